The van der Waals surface area contributed by atoms with E-state index in [1.807, 2.05) is 0 Å². The van der Waals surface area contributed by atoms with Crippen molar-refractivity contribution in [3.8, 4) is 0 Å². The molecule has 1 spiro atoms. The third-order valence-electron chi connectivity index (χ3n) is 6.44. The first-order valence-electron chi connectivity index (χ1n) is 9.43. The van der Waals surface area contributed by atoms with E-state index in [9.17, 15) is 0 Å². The van der Waals surface area contributed by atoms with Crippen LogP contribution in [0.15, 0.2) is 0 Å². The van der Waals surface area contributed by atoms with Crippen LogP contribution in [0.3, 0.4) is 0 Å². The highest BCUT2D eigenvalue weighted by atomic mass is 14.8. The fourth-order valence-electron chi connectivity index (χ4n) is 4.89. The molecule has 0 bridgehead atoms. The quantitative estimate of drug-likeness (QED) is 0.468. The van der Waals surface area contributed by atoms with E-state index in [4.69, 9.17) is 0 Å². The zero-order valence-electron chi connectivity index (χ0n) is 13.0. The lowest BCUT2D eigenvalue weighted by Crippen LogP contribution is -2.11. The Bertz CT molecular complexity index is 241. The zero-order valence-corrected chi connectivity index (χ0v) is 13.0. The second-order valence-electron chi connectivity index (χ2n) is 7.78. The summed E-state index contributed by atoms with van der Waals surface area (Å²) in [4.78, 5) is 0. The number of rotatable bonds is 0. The predicted molar refractivity (Wildman–Crippen MR) is 83.3 cm³/mol. The Morgan fingerprint density at radius 3 is 1.00 bits per heavy atom. The molecular formula is C19H34. The van der Waals surface area contributed by atoms with E-state index in [0.717, 1.165) is 5.41 Å². The van der Waals surface area contributed by atoms with Crippen molar-refractivity contribution in [1.29, 1.82) is 0 Å². The number of hydrogen-bond donors (Lipinski definition) is 0. The van der Waals surface area contributed by atoms with Crippen LogP contribution in [0.4, 0.5) is 0 Å². The van der Waals surface area contributed by atoms with E-state index in [1.165, 1.54) is 82.5 Å². The van der Waals surface area contributed by atoms with Crippen molar-refractivity contribution in [2.45, 2.75) is 103 Å². The average Bonchev–Trinajstić information content (AvgIpc) is 3.29. The van der Waals surface area contributed by atoms with Crippen molar-refractivity contribution < 1.29 is 0 Å². The molecule has 0 nitrogen and oxygen atoms in total. The van der Waals surface area contributed by atoms with Gasteiger partial charge in [0.15, 0.2) is 0 Å². The van der Waals surface area contributed by atoms with E-state index < -0.39 is 0 Å². The molecule has 0 aliphatic heterocycles. The van der Waals surface area contributed by atoms with E-state index in [0.29, 0.717) is 0 Å². The molecule has 110 valence electrons. The van der Waals surface area contributed by atoms with E-state index in [1.54, 1.807) is 32.1 Å². The summed E-state index contributed by atoms with van der Waals surface area (Å²) in [5.41, 5.74) is 0.914. The fourth-order valence-corrected chi connectivity index (χ4v) is 4.89. The first kappa shape index (κ1) is 14.0. The molecule has 0 heteroatoms. The Morgan fingerprint density at radius 2 is 0.737 bits per heavy atom. The minimum absolute atomic E-state index is 0.914. The first-order valence-corrected chi connectivity index (χ1v) is 9.43. The number of hydrogen-bond acceptors (Lipinski definition) is 0. The van der Waals surface area contributed by atoms with Gasteiger partial charge in [-0.15, -0.1) is 0 Å². The van der Waals surface area contributed by atoms with E-state index in [-0.39, 0.29) is 0 Å². The SMILES string of the molecule is C1CCCCCCCC2(CCCCCCC1)C1CC12. The van der Waals surface area contributed by atoms with Gasteiger partial charge in [0.25, 0.3) is 0 Å². The van der Waals surface area contributed by atoms with E-state index >= 15 is 0 Å². The van der Waals surface area contributed by atoms with Gasteiger partial charge in [-0.2, -0.15) is 0 Å². The van der Waals surface area contributed by atoms with Gasteiger partial charge in [0.1, 0.15) is 0 Å². The van der Waals surface area contributed by atoms with Crippen LogP contribution >= 0.6 is 0 Å². The van der Waals surface area contributed by atoms with Crippen LogP contribution < -0.4 is 0 Å². The Labute approximate surface area is 120 Å². The lowest BCUT2D eigenvalue weighted by atomic mass is 9.83. The zero-order chi connectivity index (χ0) is 13.0. The van der Waals surface area contributed by atoms with Gasteiger partial charge < -0.3 is 0 Å². The molecule has 3 saturated carbocycles. The van der Waals surface area contributed by atoms with Crippen molar-refractivity contribution in [2.24, 2.45) is 17.3 Å². The van der Waals surface area contributed by atoms with Gasteiger partial charge in [0.2, 0.25) is 0 Å². The minimum Gasteiger partial charge on any atom is -0.0533 e. The predicted octanol–water partition coefficient (Wildman–Crippen LogP) is 6.49. The molecule has 0 aromatic heterocycles. The Kier molecular flexibility index (Phi) is 4.87. The second-order valence-corrected chi connectivity index (χ2v) is 7.78. The molecule has 0 N–H and O–H groups in total. The molecular weight excluding hydrogens is 228 g/mol. The molecule has 0 amide bonds. The summed E-state index contributed by atoms with van der Waals surface area (Å²) in [7, 11) is 0. The molecule has 3 rings (SSSR count). The molecule has 0 heterocycles. The molecule has 2 atom stereocenters. The van der Waals surface area contributed by atoms with Crippen LogP contribution in [-0.2, 0) is 0 Å². The molecule has 3 aliphatic carbocycles. The molecule has 0 aromatic rings. The highest BCUT2D eigenvalue weighted by Gasteiger charge is 2.74. The van der Waals surface area contributed by atoms with Gasteiger partial charge in [-0.05, 0) is 36.5 Å². The van der Waals surface area contributed by atoms with Gasteiger partial charge in [0, 0.05) is 0 Å². The van der Waals surface area contributed by atoms with Crippen LogP contribution in [0.2, 0.25) is 0 Å². The standard InChI is InChI=1S/C19H34/c1-2-4-6-8-10-12-14-19(17-16-18(17)19)15-13-11-9-7-5-3-1/h17-18H,1-16H2. The van der Waals surface area contributed by atoms with Crippen molar-refractivity contribution in [1.82, 2.24) is 0 Å². The van der Waals surface area contributed by atoms with Crippen LogP contribution in [-0.4, -0.2) is 0 Å². The van der Waals surface area contributed by atoms with Gasteiger partial charge >= 0.3 is 0 Å². The van der Waals surface area contributed by atoms with Crippen LogP contribution in [0.25, 0.3) is 0 Å². The third kappa shape index (κ3) is 3.56. The van der Waals surface area contributed by atoms with Crippen molar-refractivity contribution in [3.05, 3.63) is 0 Å². The monoisotopic (exact) mass is 262 g/mol. The summed E-state index contributed by atoms with van der Waals surface area (Å²) in [5, 5.41) is 0. The van der Waals surface area contributed by atoms with Crippen molar-refractivity contribution in [3.63, 3.8) is 0 Å². The third-order valence-corrected chi connectivity index (χ3v) is 6.44. The second kappa shape index (κ2) is 6.64. The topological polar surface area (TPSA) is 0 Å². The van der Waals surface area contributed by atoms with Gasteiger partial charge in [-0.3, -0.25) is 0 Å². The average molecular weight is 262 g/mol. The van der Waals surface area contributed by atoms with E-state index in [2.05, 4.69) is 0 Å². The maximum atomic E-state index is 1.61. The summed E-state index contributed by atoms with van der Waals surface area (Å²) in [6.07, 6.45) is 24.6. The molecule has 3 fully saturated rings. The van der Waals surface area contributed by atoms with Crippen LogP contribution in [0, 0.1) is 17.3 Å². The first-order chi connectivity index (χ1) is 9.43. The summed E-state index contributed by atoms with van der Waals surface area (Å²) < 4.78 is 0. The summed E-state index contributed by atoms with van der Waals surface area (Å²) >= 11 is 0. The maximum absolute atomic E-state index is 1.61. The Balaban J connectivity index is 1.38. The molecule has 2 unspecified atom stereocenters. The Morgan fingerprint density at radius 1 is 0.421 bits per heavy atom. The number of fused-ring (bicyclic) bond motifs is 3. The molecule has 0 saturated heterocycles. The van der Waals surface area contributed by atoms with Gasteiger partial charge in [-0.25, -0.2) is 0 Å². The highest BCUT2D eigenvalue weighted by molar-refractivity contribution is 5.22. The lowest BCUT2D eigenvalue weighted by Gasteiger charge is -2.22. The Hall–Kier alpha value is 0. The molecule has 0 radical (unpaired) electrons. The van der Waals surface area contributed by atoms with Crippen LogP contribution in [0.5, 0.6) is 0 Å². The summed E-state index contributed by atoms with van der Waals surface area (Å²) in [5.74, 6) is 2.43. The smallest absolute Gasteiger partial charge is 0.0235 e. The maximum Gasteiger partial charge on any atom is -0.0235 e. The fraction of sp³-hybridized carbons (Fsp3) is 1.00. The van der Waals surface area contributed by atoms with Crippen molar-refractivity contribution in [2.75, 3.05) is 0 Å². The van der Waals surface area contributed by atoms with Gasteiger partial charge in [0.05, 0.1) is 0 Å². The van der Waals surface area contributed by atoms with Crippen molar-refractivity contribution >= 4 is 0 Å². The summed E-state index contributed by atoms with van der Waals surface area (Å²) in [6, 6.07) is 0. The molecule has 19 heavy (non-hydrogen) atoms. The lowest BCUT2D eigenvalue weighted by molar-refractivity contribution is 0.285. The summed E-state index contributed by atoms with van der Waals surface area (Å²) in [6.45, 7) is 0. The largest absolute Gasteiger partial charge is 0.0533 e. The molecule has 0 aromatic carbocycles. The molecule has 3 aliphatic rings. The van der Waals surface area contributed by atoms with Crippen LogP contribution in [0.1, 0.15) is 103 Å². The normalized spacial score (nSPS) is 36.6. The van der Waals surface area contributed by atoms with Gasteiger partial charge in [-0.1, -0.05) is 83.5 Å². The minimum atomic E-state index is 0.914. The highest BCUT2D eigenvalue weighted by Crippen LogP contribution is 2.81.